The molecule has 0 heterocycles. The second-order valence-electron chi connectivity index (χ2n) is 11.4. The highest BCUT2D eigenvalue weighted by atomic mass is 32.1. The summed E-state index contributed by atoms with van der Waals surface area (Å²) in [4.78, 5) is 42.6. The number of para-hydroxylation sites is 1. The molecule has 0 aliphatic rings. The molecule has 40 heavy (non-hydrogen) atoms. The largest absolute Gasteiger partial charge is 0.444 e. The van der Waals surface area contributed by atoms with E-state index >= 15 is 0 Å². The zero-order chi connectivity index (χ0) is 30.0. The molecule has 2 rings (SSSR count). The number of ether oxygens (including phenoxy) is 1. The third kappa shape index (κ3) is 9.29. The lowest BCUT2D eigenvalue weighted by molar-refractivity contribution is -0.140. The number of thiol groups is 1. The lowest BCUT2D eigenvalue weighted by Gasteiger charge is -2.35. The van der Waals surface area contributed by atoms with Crippen molar-refractivity contribution < 1.29 is 19.1 Å². The Morgan fingerprint density at radius 2 is 1.52 bits per heavy atom. The first kappa shape index (κ1) is 33.2. The molecule has 3 amide bonds. The predicted molar refractivity (Wildman–Crippen MR) is 166 cm³/mol. The molecule has 2 atom stereocenters. The van der Waals surface area contributed by atoms with Crippen LogP contribution in [0.25, 0.3) is 0 Å². The monoisotopic (exact) mass is 569 g/mol. The van der Waals surface area contributed by atoms with Crippen LogP contribution in [0.5, 0.6) is 0 Å². The van der Waals surface area contributed by atoms with E-state index in [2.05, 4.69) is 30.2 Å². The van der Waals surface area contributed by atoms with E-state index in [-0.39, 0.29) is 17.6 Å². The second kappa shape index (κ2) is 15.1. The molecule has 0 fully saturated rings. The van der Waals surface area contributed by atoms with Crippen molar-refractivity contribution >= 4 is 36.2 Å². The van der Waals surface area contributed by atoms with Crippen LogP contribution in [0.2, 0.25) is 0 Å². The number of unbranched alkanes of at least 4 members (excludes halogenated alkanes) is 3. The molecular formula is C32H47N3O4S. The standard InChI is InChI=1S/C32H47N3O4S/c1-9-10-11-12-19-35(30(37)26(20-40)33-31(38)39-32(6,7)8)28(25-18-14-15-21(2)24(25)5)29(36)34-27-22(3)16-13-17-23(27)4/h13-18,26,28,40H,9-12,19-20H2,1-8H3,(H,33,38)(H,34,36). The summed E-state index contributed by atoms with van der Waals surface area (Å²) < 4.78 is 5.41. The quantitative estimate of drug-likeness (QED) is 0.193. The maximum Gasteiger partial charge on any atom is 0.408 e. The molecular weight excluding hydrogens is 522 g/mol. The van der Waals surface area contributed by atoms with Gasteiger partial charge in [-0.3, -0.25) is 9.59 Å². The van der Waals surface area contributed by atoms with Crippen LogP contribution in [0.1, 0.15) is 87.2 Å². The predicted octanol–water partition coefficient (Wildman–Crippen LogP) is 6.83. The van der Waals surface area contributed by atoms with Crippen LogP contribution in [0.4, 0.5) is 10.5 Å². The van der Waals surface area contributed by atoms with Gasteiger partial charge in [0.15, 0.2) is 0 Å². The highest BCUT2D eigenvalue weighted by molar-refractivity contribution is 7.80. The Labute approximate surface area is 245 Å². The lowest BCUT2D eigenvalue weighted by Crippen LogP contribution is -2.53. The van der Waals surface area contributed by atoms with E-state index in [0.29, 0.717) is 6.54 Å². The fourth-order valence-electron chi connectivity index (χ4n) is 4.63. The first-order valence-electron chi connectivity index (χ1n) is 14.1. The molecule has 8 heteroatoms. The van der Waals surface area contributed by atoms with E-state index in [1.807, 2.05) is 64.1 Å². The number of carbonyl (C=O) groups is 3. The highest BCUT2D eigenvalue weighted by Gasteiger charge is 2.36. The van der Waals surface area contributed by atoms with Gasteiger partial charge in [-0.15, -0.1) is 0 Å². The van der Waals surface area contributed by atoms with Crippen molar-refractivity contribution in [2.24, 2.45) is 0 Å². The van der Waals surface area contributed by atoms with Crippen LogP contribution in [-0.2, 0) is 14.3 Å². The summed E-state index contributed by atoms with van der Waals surface area (Å²) in [6, 6.07) is 9.78. The van der Waals surface area contributed by atoms with Gasteiger partial charge in [0, 0.05) is 18.0 Å². The number of carbonyl (C=O) groups excluding carboxylic acids is 3. The molecule has 7 nitrogen and oxygen atoms in total. The second-order valence-corrected chi connectivity index (χ2v) is 11.8. The lowest BCUT2D eigenvalue weighted by atomic mass is 9.94. The average molecular weight is 570 g/mol. The van der Waals surface area contributed by atoms with Crippen LogP contribution in [-0.4, -0.2) is 46.7 Å². The Bertz CT molecular complexity index is 1150. The van der Waals surface area contributed by atoms with Crippen molar-refractivity contribution in [1.82, 2.24) is 10.2 Å². The Kier molecular flexibility index (Phi) is 12.6. The molecule has 0 aliphatic carbocycles. The van der Waals surface area contributed by atoms with Gasteiger partial charge >= 0.3 is 6.09 Å². The maximum atomic E-state index is 14.2. The summed E-state index contributed by atoms with van der Waals surface area (Å²) >= 11 is 4.39. The molecule has 2 unspecified atom stereocenters. The van der Waals surface area contributed by atoms with E-state index in [4.69, 9.17) is 4.74 Å². The number of hydrogen-bond donors (Lipinski definition) is 3. The van der Waals surface area contributed by atoms with E-state index in [1.165, 1.54) is 0 Å². The molecule has 0 radical (unpaired) electrons. The highest BCUT2D eigenvalue weighted by Crippen LogP contribution is 2.30. The molecule has 0 saturated heterocycles. The number of benzene rings is 2. The first-order chi connectivity index (χ1) is 18.8. The summed E-state index contributed by atoms with van der Waals surface area (Å²) in [5, 5.41) is 5.81. The molecule has 2 N–H and O–H groups in total. The topological polar surface area (TPSA) is 87.7 Å². The van der Waals surface area contributed by atoms with Gasteiger partial charge in [0.1, 0.15) is 17.7 Å². The number of alkyl carbamates (subject to hydrolysis) is 1. The summed E-state index contributed by atoms with van der Waals surface area (Å²) in [5.41, 5.74) is 4.61. The molecule has 2 aromatic rings. The maximum absolute atomic E-state index is 14.2. The normalized spacial score (nSPS) is 12.8. The summed E-state index contributed by atoms with van der Waals surface area (Å²) in [6.45, 7) is 15.6. The van der Waals surface area contributed by atoms with Crippen LogP contribution in [0, 0.1) is 27.7 Å². The van der Waals surface area contributed by atoms with Crippen molar-refractivity contribution in [1.29, 1.82) is 0 Å². The van der Waals surface area contributed by atoms with Crippen LogP contribution < -0.4 is 10.6 Å². The van der Waals surface area contributed by atoms with Crippen LogP contribution >= 0.6 is 12.6 Å². The fourth-order valence-corrected chi connectivity index (χ4v) is 4.88. The smallest absolute Gasteiger partial charge is 0.408 e. The number of nitrogens with zero attached hydrogens (tertiary/aromatic N) is 1. The molecule has 0 saturated carbocycles. The van der Waals surface area contributed by atoms with Gasteiger partial charge in [-0.05, 0) is 82.7 Å². The minimum Gasteiger partial charge on any atom is -0.444 e. The van der Waals surface area contributed by atoms with Crippen molar-refractivity contribution in [2.75, 3.05) is 17.6 Å². The number of aryl methyl sites for hydroxylation is 3. The minimum atomic E-state index is -0.968. The summed E-state index contributed by atoms with van der Waals surface area (Å²) in [5.74, 6) is -0.619. The Morgan fingerprint density at radius 1 is 0.925 bits per heavy atom. The number of hydrogen-bond acceptors (Lipinski definition) is 5. The molecule has 0 spiro atoms. The Morgan fingerprint density at radius 3 is 2.10 bits per heavy atom. The van der Waals surface area contributed by atoms with E-state index in [0.717, 1.165) is 59.2 Å². The number of rotatable bonds is 12. The minimum absolute atomic E-state index is 0.0571. The third-order valence-electron chi connectivity index (χ3n) is 6.94. The van der Waals surface area contributed by atoms with Gasteiger partial charge in [0.05, 0.1) is 0 Å². The van der Waals surface area contributed by atoms with Crippen molar-refractivity contribution in [3.63, 3.8) is 0 Å². The molecule has 0 aromatic heterocycles. The Hall–Kier alpha value is -3.00. The van der Waals surface area contributed by atoms with Gasteiger partial charge in [0.2, 0.25) is 5.91 Å². The third-order valence-corrected chi connectivity index (χ3v) is 7.30. The Balaban J connectivity index is 2.58. The van der Waals surface area contributed by atoms with E-state index < -0.39 is 23.8 Å². The van der Waals surface area contributed by atoms with Gasteiger partial charge in [-0.25, -0.2) is 4.79 Å². The van der Waals surface area contributed by atoms with Crippen LogP contribution in [0.3, 0.4) is 0 Å². The number of anilines is 1. The fraction of sp³-hybridized carbons (Fsp3) is 0.531. The molecule has 2 aromatic carbocycles. The zero-order valence-electron chi connectivity index (χ0n) is 25.4. The molecule has 0 aliphatic heterocycles. The van der Waals surface area contributed by atoms with Gasteiger partial charge < -0.3 is 20.3 Å². The molecule has 220 valence electrons. The first-order valence-corrected chi connectivity index (χ1v) is 14.8. The number of nitrogens with one attached hydrogen (secondary N) is 2. The summed E-state index contributed by atoms with van der Waals surface area (Å²) in [6.07, 6.45) is 3.01. The van der Waals surface area contributed by atoms with E-state index in [1.54, 1.807) is 25.7 Å². The van der Waals surface area contributed by atoms with Crippen molar-refractivity contribution in [3.8, 4) is 0 Å². The van der Waals surface area contributed by atoms with E-state index in [9.17, 15) is 14.4 Å². The SMILES string of the molecule is CCCCCCN(C(=O)C(CS)NC(=O)OC(C)(C)C)C(C(=O)Nc1c(C)cccc1C)c1cccc(C)c1C. The number of amides is 3. The zero-order valence-corrected chi connectivity index (χ0v) is 26.3. The molecule has 0 bridgehead atoms. The average Bonchev–Trinajstić information content (AvgIpc) is 2.87. The van der Waals surface area contributed by atoms with Gasteiger partial charge in [0.25, 0.3) is 5.91 Å². The van der Waals surface area contributed by atoms with Crippen molar-refractivity contribution in [2.45, 2.75) is 98.8 Å². The van der Waals surface area contributed by atoms with Gasteiger partial charge in [-0.1, -0.05) is 62.6 Å². The van der Waals surface area contributed by atoms with Crippen molar-refractivity contribution in [3.05, 3.63) is 64.2 Å². The van der Waals surface area contributed by atoms with Crippen LogP contribution in [0.15, 0.2) is 36.4 Å². The van der Waals surface area contributed by atoms with Gasteiger partial charge in [-0.2, -0.15) is 12.6 Å². The summed E-state index contributed by atoms with van der Waals surface area (Å²) in [7, 11) is 0.